The van der Waals surface area contributed by atoms with Gasteiger partial charge in [-0.25, -0.2) is 17.6 Å². The summed E-state index contributed by atoms with van der Waals surface area (Å²) >= 11 is 0. The SMILES string of the molecule is CC12CCC(OCc3ccc(OCCC(F)(F)F)c(F)c3F)(CC1)C(F)C2(F)F. The molecule has 164 valence electrons. The molecule has 3 aliphatic rings. The van der Waals surface area contributed by atoms with Crippen LogP contribution in [0.2, 0.25) is 0 Å². The van der Waals surface area contributed by atoms with E-state index in [0.717, 1.165) is 12.1 Å². The van der Waals surface area contributed by atoms with E-state index in [1.165, 1.54) is 6.92 Å². The number of alkyl halides is 6. The van der Waals surface area contributed by atoms with Gasteiger partial charge in [0.05, 0.1) is 19.6 Å². The quantitative estimate of drug-likeness (QED) is 0.505. The number of benzene rings is 1. The summed E-state index contributed by atoms with van der Waals surface area (Å²) in [5.41, 5.74) is -3.61. The normalized spacial score (nSPS) is 31.1. The molecule has 0 aromatic heterocycles. The zero-order valence-corrected chi connectivity index (χ0v) is 15.5. The van der Waals surface area contributed by atoms with Crippen LogP contribution in [0.5, 0.6) is 5.75 Å². The maximum Gasteiger partial charge on any atom is 0.392 e. The molecule has 1 unspecified atom stereocenters. The van der Waals surface area contributed by atoms with Crippen molar-refractivity contribution in [3.05, 3.63) is 29.3 Å². The fourth-order valence-corrected chi connectivity index (χ4v) is 3.96. The Morgan fingerprint density at radius 2 is 1.66 bits per heavy atom. The summed E-state index contributed by atoms with van der Waals surface area (Å²) < 4.78 is 118. The van der Waals surface area contributed by atoms with Gasteiger partial charge in [0.2, 0.25) is 5.82 Å². The van der Waals surface area contributed by atoms with Gasteiger partial charge in [-0.05, 0) is 37.8 Å². The Morgan fingerprint density at radius 3 is 2.24 bits per heavy atom. The molecule has 0 aliphatic heterocycles. The summed E-state index contributed by atoms with van der Waals surface area (Å²) in [6, 6.07) is 1.94. The monoisotopic (exact) mass is 432 g/mol. The van der Waals surface area contributed by atoms with E-state index in [1.807, 2.05) is 0 Å². The fourth-order valence-electron chi connectivity index (χ4n) is 3.96. The van der Waals surface area contributed by atoms with Gasteiger partial charge in [-0.2, -0.15) is 17.6 Å². The number of halogens is 8. The maximum atomic E-state index is 14.6. The van der Waals surface area contributed by atoms with Crippen molar-refractivity contribution in [2.75, 3.05) is 6.61 Å². The Bertz CT molecular complexity index is 753. The highest BCUT2D eigenvalue weighted by atomic mass is 19.4. The van der Waals surface area contributed by atoms with E-state index in [-0.39, 0.29) is 31.2 Å². The van der Waals surface area contributed by atoms with E-state index in [0.29, 0.717) is 0 Å². The zero-order valence-electron chi connectivity index (χ0n) is 15.5. The topological polar surface area (TPSA) is 18.5 Å². The van der Waals surface area contributed by atoms with E-state index in [9.17, 15) is 35.1 Å². The van der Waals surface area contributed by atoms with Gasteiger partial charge in [0.25, 0.3) is 5.92 Å². The zero-order chi connectivity index (χ0) is 21.7. The summed E-state index contributed by atoms with van der Waals surface area (Å²) in [7, 11) is 0. The molecular weight excluding hydrogens is 412 g/mol. The lowest BCUT2D eigenvalue weighted by Crippen LogP contribution is -2.66. The molecule has 10 heteroatoms. The number of hydrogen-bond acceptors (Lipinski definition) is 2. The van der Waals surface area contributed by atoms with Gasteiger partial charge in [0.15, 0.2) is 17.7 Å². The lowest BCUT2D eigenvalue weighted by molar-refractivity contribution is -0.298. The van der Waals surface area contributed by atoms with Crippen LogP contribution in [0, 0.1) is 17.0 Å². The van der Waals surface area contributed by atoms with Gasteiger partial charge in [-0.3, -0.25) is 0 Å². The Kier molecular flexibility index (Phi) is 5.55. The van der Waals surface area contributed by atoms with Crippen LogP contribution in [0.1, 0.15) is 44.6 Å². The molecule has 0 N–H and O–H groups in total. The van der Waals surface area contributed by atoms with Crippen LogP contribution < -0.4 is 4.74 Å². The van der Waals surface area contributed by atoms with Crippen LogP contribution in [0.15, 0.2) is 12.1 Å². The summed E-state index contributed by atoms with van der Waals surface area (Å²) in [4.78, 5) is 0. The van der Waals surface area contributed by atoms with Crippen molar-refractivity contribution in [2.45, 2.75) is 69.5 Å². The average Bonchev–Trinajstić information content (AvgIpc) is 2.63. The Balaban J connectivity index is 1.69. The Morgan fingerprint density at radius 1 is 1.03 bits per heavy atom. The van der Waals surface area contributed by atoms with Crippen LogP contribution in [0.25, 0.3) is 0 Å². The maximum absolute atomic E-state index is 14.6. The van der Waals surface area contributed by atoms with E-state index < -0.39 is 66.3 Å². The van der Waals surface area contributed by atoms with Gasteiger partial charge in [0.1, 0.15) is 5.60 Å². The van der Waals surface area contributed by atoms with Gasteiger partial charge in [-0.15, -0.1) is 0 Å². The van der Waals surface area contributed by atoms with Gasteiger partial charge in [0, 0.05) is 11.0 Å². The number of fused-ring (bicyclic) bond motifs is 3. The Labute approximate surface area is 162 Å². The van der Waals surface area contributed by atoms with E-state index >= 15 is 0 Å². The highest BCUT2D eigenvalue weighted by Crippen LogP contribution is 2.62. The lowest BCUT2D eigenvalue weighted by Gasteiger charge is -2.57. The third-order valence-electron chi connectivity index (χ3n) is 6.07. The second-order valence-electron chi connectivity index (χ2n) is 7.96. The molecule has 3 fully saturated rings. The van der Waals surface area contributed by atoms with Crippen LogP contribution >= 0.6 is 0 Å². The molecule has 0 spiro atoms. The molecule has 0 heterocycles. The number of hydrogen-bond donors (Lipinski definition) is 0. The molecular formula is C19H20F8O2. The first-order valence-electron chi connectivity index (χ1n) is 9.14. The van der Waals surface area contributed by atoms with Crippen molar-refractivity contribution >= 4 is 0 Å². The largest absolute Gasteiger partial charge is 0.490 e. The molecule has 2 nitrogen and oxygen atoms in total. The molecule has 1 atom stereocenters. The average molecular weight is 432 g/mol. The first kappa shape index (κ1) is 22.1. The molecule has 0 amide bonds. The molecule has 3 saturated carbocycles. The van der Waals surface area contributed by atoms with Crippen molar-refractivity contribution < 1.29 is 44.6 Å². The van der Waals surface area contributed by atoms with Gasteiger partial charge in [-0.1, -0.05) is 6.92 Å². The third-order valence-corrected chi connectivity index (χ3v) is 6.07. The minimum Gasteiger partial charge on any atom is -0.490 e. The second kappa shape index (κ2) is 7.28. The minimum atomic E-state index is -4.51. The van der Waals surface area contributed by atoms with Crippen molar-refractivity contribution in [2.24, 2.45) is 5.41 Å². The second-order valence-corrected chi connectivity index (χ2v) is 7.96. The molecule has 29 heavy (non-hydrogen) atoms. The van der Waals surface area contributed by atoms with Crippen molar-refractivity contribution in [1.29, 1.82) is 0 Å². The van der Waals surface area contributed by atoms with Crippen LogP contribution in [-0.4, -0.2) is 30.5 Å². The third kappa shape index (κ3) is 3.92. The van der Waals surface area contributed by atoms with Crippen molar-refractivity contribution in [1.82, 2.24) is 0 Å². The summed E-state index contributed by atoms with van der Waals surface area (Å²) in [5.74, 6) is -7.27. The standard InChI is InChI=1S/C19H20F8O2/c1-16-4-6-17(7-5-16,15(22)19(16,26)27)29-10-11-2-3-12(14(21)13(11)20)28-9-8-18(23,24)25/h2-3,15H,4-10H2,1H3. The highest BCUT2D eigenvalue weighted by molar-refractivity contribution is 5.31. The predicted octanol–water partition coefficient (Wildman–Crippen LogP) is 6.12. The van der Waals surface area contributed by atoms with Crippen molar-refractivity contribution in [3.8, 4) is 5.75 Å². The minimum absolute atomic E-state index is 0.0307. The van der Waals surface area contributed by atoms with Crippen LogP contribution in [-0.2, 0) is 11.3 Å². The van der Waals surface area contributed by atoms with E-state index in [2.05, 4.69) is 4.74 Å². The van der Waals surface area contributed by atoms with Gasteiger partial charge < -0.3 is 9.47 Å². The fraction of sp³-hybridized carbons (Fsp3) is 0.684. The molecule has 1 aromatic rings. The van der Waals surface area contributed by atoms with E-state index in [1.54, 1.807) is 0 Å². The highest BCUT2D eigenvalue weighted by Gasteiger charge is 2.70. The van der Waals surface area contributed by atoms with Crippen LogP contribution in [0.4, 0.5) is 35.1 Å². The summed E-state index contributed by atoms with van der Waals surface area (Å²) in [5, 5.41) is 0. The molecule has 2 bridgehead atoms. The molecule has 0 saturated heterocycles. The molecule has 3 aliphatic carbocycles. The number of ether oxygens (including phenoxy) is 2. The summed E-state index contributed by atoms with van der Waals surface area (Å²) in [6.07, 6.45) is -8.27. The Hall–Kier alpha value is -1.58. The molecule has 4 rings (SSSR count). The molecule has 0 radical (unpaired) electrons. The first-order chi connectivity index (χ1) is 13.3. The van der Waals surface area contributed by atoms with Crippen molar-refractivity contribution in [3.63, 3.8) is 0 Å². The lowest BCUT2D eigenvalue weighted by atomic mass is 9.56. The van der Waals surface area contributed by atoms with Crippen LogP contribution in [0.3, 0.4) is 0 Å². The number of rotatable bonds is 6. The van der Waals surface area contributed by atoms with Gasteiger partial charge >= 0.3 is 6.18 Å². The van der Waals surface area contributed by atoms with E-state index in [4.69, 9.17) is 4.74 Å². The predicted molar refractivity (Wildman–Crippen MR) is 86.5 cm³/mol. The summed E-state index contributed by atoms with van der Waals surface area (Å²) in [6.45, 7) is -0.218. The molecule has 1 aromatic carbocycles. The first-order valence-corrected chi connectivity index (χ1v) is 9.14. The smallest absolute Gasteiger partial charge is 0.392 e.